The lowest BCUT2D eigenvalue weighted by molar-refractivity contribution is 0.664. The summed E-state index contributed by atoms with van der Waals surface area (Å²) < 4.78 is 0. The fourth-order valence-electron chi connectivity index (χ4n) is 0.658. The summed E-state index contributed by atoms with van der Waals surface area (Å²) in [6, 6.07) is 2.17. The lowest BCUT2D eigenvalue weighted by Gasteiger charge is -2.10. The van der Waals surface area contributed by atoms with Gasteiger partial charge in [0.25, 0.3) is 0 Å². The van der Waals surface area contributed by atoms with Gasteiger partial charge in [0.2, 0.25) is 0 Å². The largest absolute Gasteiger partial charge is 0.347 e. The Labute approximate surface area is 59.7 Å². The number of imidazole rings is 1. The van der Waals surface area contributed by atoms with Crippen LogP contribution in [0.2, 0.25) is 0 Å². The maximum Gasteiger partial charge on any atom is 0.0931 e. The average Bonchev–Trinajstić information content (AvgIpc) is 2.38. The van der Waals surface area contributed by atoms with Gasteiger partial charge in [0.05, 0.1) is 23.5 Å². The Morgan fingerprint density at radius 2 is 2.40 bits per heavy atom. The minimum atomic E-state index is -0.448. The molecule has 0 radical (unpaired) electrons. The molecule has 3 heteroatoms. The molecule has 0 saturated heterocycles. The van der Waals surface area contributed by atoms with Crippen LogP contribution in [0.3, 0.4) is 0 Å². The Kier molecular flexibility index (Phi) is 1.46. The zero-order chi connectivity index (χ0) is 7.61. The second-order valence-corrected chi connectivity index (χ2v) is 2.70. The van der Waals surface area contributed by atoms with E-state index in [1.807, 2.05) is 13.8 Å². The molecule has 1 aromatic rings. The van der Waals surface area contributed by atoms with Gasteiger partial charge in [-0.3, -0.25) is 0 Å². The van der Waals surface area contributed by atoms with Crippen molar-refractivity contribution in [2.75, 3.05) is 0 Å². The van der Waals surface area contributed by atoms with E-state index in [0.717, 1.165) is 5.69 Å². The van der Waals surface area contributed by atoms with E-state index in [1.54, 1.807) is 12.5 Å². The second-order valence-electron chi connectivity index (χ2n) is 2.70. The number of nitriles is 1. The van der Waals surface area contributed by atoms with Crippen LogP contribution in [0.4, 0.5) is 0 Å². The molecule has 0 aromatic carbocycles. The molecule has 0 amide bonds. The van der Waals surface area contributed by atoms with Gasteiger partial charge in [0, 0.05) is 6.20 Å². The minimum Gasteiger partial charge on any atom is -0.347 e. The zero-order valence-electron chi connectivity index (χ0n) is 6.05. The van der Waals surface area contributed by atoms with Gasteiger partial charge in [-0.05, 0) is 13.8 Å². The summed E-state index contributed by atoms with van der Waals surface area (Å²) in [4.78, 5) is 6.72. The van der Waals surface area contributed by atoms with E-state index in [-0.39, 0.29) is 0 Å². The highest BCUT2D eigenvalue weighted by Crippen LogP contribution is 2.17. The Balaban J connectivity index is 2.99. The number of hydrogen-bond donors (Lipinski definition) is 1. The Morgan fingerprint density at radius 3 is 2.80 bits per heavy atom. The molecule has 52 valence electrons. The van der Waals surface area contributed by atoms with Gasteiger partial charge in [-0.1, -0.05) is 0 Å². The molecule has 0 atom stereocenters. The van der Waals surface area contributed by atoms with E-state index < -0.39 is 5.41 Å². The first-order chi connectivity index (χ1) is 4.67. The number of H-pyrrole nitrogens is 1. The van der Waals surface area contributed by atoms with Crippen LogP contribution in [0, 0.1) is 11.3 Å². The van der Waals surface area contributed by atoms with Gasteiger partial charge in [0.1, 0.15) is 0 Å². The van der Waals surface area contributed by atoms with E-state index in [1.165, 1.54) is 0 Å². The smallest absolute Gasteiger partial charge is 0.0931 e. The predicted octanol–water partition coefficient (Wildman–Crippen LogP) is 1.21. The molecule has 1 heterocycles. The molecule has 3 nitrogen and oxygen atoms in total. The first-order valence-corrected chi connectivity index (χ1v) is 3.07. The summed E-state index contributed by atoms with van der Waals surface area (Å²) in [6.07, 6.45) is 3.25. The molecule has 0 saturated carbocycles. The second kappa shape index (κ2) is 2.14. The summed E-state index contributed by atoms with van der Waals surface area (Å²) >= 11 is 0. The number of aromatic amines is 1. The molecule has 0 bridgehead atoms. The van der Waals surface area contributed by atoms with Crippen molar-refractivity contribution in [2.24, 2.45) is 0 Å². The van der Waals surface area contributed by atoms with Crippen molar-refractivity contribution in [2.45, 2.75) is 19.3 Å². The van der Waals surface area contributed by atoms with Gasteiger partial charge in [-0.15, -0.1) is 0 Å². The third-order valence-corrected chi connectivity index (χ3v) is 1.45. The van der Waals surface area contributed by atoms with E-state index in [9.17, 15) is 0 Å². The lowest BCUT2D eigenvalue weighted by atomic mass is 9.92. The molecule has 0 unspecified atom stereocenters. The molecule has 0 aliphatic heterocycles. The highest BCUT2D eigenvalue weighted by Gasteiger charge is 2.20. The zero-order valence-corrected chi connectivity index (χ0v) is 6.05. The van der Waals surface area contributed by atoms with Crippen LogP contribution in [-0.2, 0) is 5.41 Å². The van der Waals surface area contributed by atoms with Gasteiger partial charge in [-0.25, -0.2) is 4.98 Å². The lowest BCUT2D eigenvalue weighted by Crippen LogP contribution is -2.13. The molecule has 10 heavy (non-hydrogen) atoms. The van der Waals surface area contributed by atoms with Crippen molar-refractivity contribution in [3.63, 3.8) is 0 Å². The van der Waals surface area contributed by atoms with Crippen LogP contribution < -0.4 is 0 Å². The van der Waals surface area contributed by atoms with Crippen molar-refractivity contribution < 1.29 is 0 Å². The summed E-state index contributed by atoms with van der Waals surface area (Å²) in [6.45, 7) is 3.70. The van der Waals surface area contributed by atoms with Crippen LogP contribution in [0.15, 0.2) is 12.5 Å². The van der Waals surface area contributed by atoms with Crippen molar-refractivity contribution in [1.82, 2.24) is 9.97 Å². The normalized spacial score (nSPS) is 10.9. The number of nitrogens with zero attached hydrogens (tertiary/aromatic N) is 2. The van der Waals surface area contributed by atoms with Crippen molar-refractivity contribution in [3.8, 4) is 6.07 Å². The summed E-state index contributed by atoms with van der Waals surface area (Å²) in [7, 11) is 0. The van der Waals surface area contributed by atoms with Crippen LogP contribution in [0.25, 0.3) is 0 Å². The van der Waals surface area contributed by atoms with Gasteiger partial charge >= 0.3 is 0 Å². The topological polar surface area (TPSA) is 52.5 Å². The van der Waals surface area contributed by atoms with Crippen LogP contribution in [0.1, 0.15) is 19.5 Å². The van der Waals surface area contributed by atoms with Crippen molar-refractivity contribution in [3.05, 3.63) is 18.2 Å². The molecule has 0 aliphatic carbocycles. The third-order valence-electron chi connectivity index (χ3n) is 1.45. The predicted molar refractivity (Wildman–Crippen MR) is 37.2 cm³/mol. The SMILES string of the molecule is CC(C)(C#N)c1cnc[nH]1. The summed E-state index contributed by atoms with van der Waals surface area (Å²) in [5.41, 5.74) is 0.409. The molecule has 0 fully saturated rings. The average molecular weight is 135 g/mol. The Bertz CT molecular complexity index is 240. The van der Waals surface area contributed by atoms with Crippen molar-refractivity contribution >= 4 is 0 Å². The van der Waals surface area contributed by atoms with E-state index in [0.29, 0.717) is 0 Å². The molecule has 0 aliphatic rings. The van der Waals surface area contributed by atoms with E-state index in [2.05, 4.69) is 16.0 Å². The molecular formula is C7H9N3. The molecule has 0 spiro atoms. The van der Waals surface area contributed by atoms with Crippen LogP contribution in [0.5, 0.6) is 0 Å². The van der Waals surface area contributed by atoms with E-state index >= 15 is 0 Å². The van der Waals surface area contributed by atoms with Gasteiger partial charge in [0.15, 0.2) is 0 Å². The van der Waals surface area contributed by atoms with Crippen LogP contribution >= 0.6 is 0 Å². The van der Waals surface area contributed by atoms with Gasteiger partial charge in [-0.2, -0.15) is 5.26 Å². The van der Waals surface area contributed by atoms with E-state index in [4.69, 9.17) is 5.26 Å². The quantitative estimate of drug-likeness (QED) is 0.629. The number of hydrogen-bond acceptors (Lipinski definition) is 2. The number of nitrogens with one attached hydrogen (secondary N) is 1. The maximum atomic E-state index is 8.67. The monoisotopic (exact) mass is 135 g/mol. The summed E-state index contributed by atoms with van der Waals surface area (Å²) in [5.74, 6) is 0. The molecule has 1 N–H and O–H groups in total. The molecule has 1 rings (SSSR count). The first-order valence-electron chi connectivity index (χ1n) is 3.07. The van der Waals surface area contributed by atoms with Gasteiger partial charge < -0.3 is 4.98 Å². The highest BCUT2D eigenvalue weighted by molar-refractivity contribution is 5.19. The Morgan fingerprint density at radius 1 is 1.70 bits per heavy atom. The first kappa shape index (κ1) is 6.81. The minimum absolute atomic E-state index is 0.448. The number of rotatable bonds is 1. The van der Waals surface area contributed by atoms with Crippen molar-refractivity contribution in [1.29, 1.82) is 5.26 Å². The fourth-order valence-corrected chi connectivity index (χ4v) is 0.658. The summed E-state index contributed by atoms with van der Waals surface area (Å²) in [5, 5.41) is 8.67. The third kappa shape index (κ3) is 1.01. The maximum absolute atomic E-state index is 8.67. The molecule has 1 aromatic heterocycles. The molecular weight excluding hydrogens is 126 g/mol. The highest BCUT2D eigenvalue weighted by atomic mass is 14.9. The fraction of sp³-hybridized carbons (Fsp3) is 0.429. The Hall–Kier alpha value is -1.30. The standard InChI is InChI=1S/C7H9N3/c1-7(2,4-8)6-3-9-5-10-6/h3,5H,1-2H3,(H,9,10). The van der Waals surface area contributed by atoms with Crippen LogP contribution in [-0.4, -0.2) is 9.97 Å². The number of aromatic nitrogens is 2.